The third kappa shape index (κ3) is 5.17. The third-order valence-electron chi connectivity index (χ3n) is 3.02. The van der Waals surface area contributed by atoms with Crippen molar-refractivity contribution in [2.75, 3.05) is 13.7 Å². The molecule has 6 heteroatoms. The summed E-state index contributed by atoms with van der Waals surface area (Å²) in [7, 11) is 1.69. The lowest BCUT2D eigenvalue weighted by atomic mass is 10.2. The zero-order valence-electron chi connectivity index (χ0n) is 11.8. The average Bonchev–Trinajstić information content (AvgIpc) is 2.47. The highest BCUT2D eigenvalue weighted by atomic mass is 16.5. The van der Waals surface area contributed by atoms with Crippen LogP contribution >= 0.6 is 0 Å². The van der Waals surface area contributed by atoms with Gasteiger partial charge in [0.1, 0.15) is 11.6 Å². The topological polar surface area (TPSA) is 88.2 Å². The van der Waals surface area contributed by atoms with Gasteiger partial charge in [-0.3, -0.25) is 4.79 Å². The van der Waals surface area contributed by atoms with Crippen LogP contribution in [0, 0.1) is 0 Å². The quantitative estimate of drug-likeness (QED) is 0.342. The Kier molecular flexibility index (Phi) is 6.36. The molecule has 3 N–H and O–H groups in total. The molecule has 0 aliphatic heterocycles. The van der Waals surface area contributed by atoms with Gasteiger partial charge in [0.05, 0.1) is 13.0 Å². The van der Waals surface area contributed by atoms with Gasteiger partial charge >= 0.3 is 0 Å². The summed E-state index contributed by atoms with van der Waals surface area (Å²) in [5.41, 5.74) is 5.43. The maximum Gasteiger partial charge on any atom is 0.225 e. The second-order valence-electron chi connectivity index (χ2n) is 4.56. The molecule has 0 bridgehead atoms. The number of amides is 1. The minimum atomic E-state index is -0.130. The van der Waals surface area contributed by atoms with Gasteiger partial charge in [-0.2, -0.15) is 0 Å². The average molecular weight is 279 g/mol. The molecule has 1 rings (SSSR count). The van der Waals surface area contributed by atoms with Crippen LogP contribution in [0.2, 0.25) is 0 Å². The SMILES string of the molecule is CC(CC(N)=NO)N(C)C(=O)CCOc1ccccc1. The van der Waals surface area contributed by atoms with Crippen LogP contribution in [0.25, 0.3) is 0 Å². The molecule has 0 radical (unpaired) electrons. The molecule has 0 saturated carbocycles. The first-order valence-corrected chi connectivity index (χ1v) is 6.44. The number of rotatable bonds is 7. The summed E-state index contributed by atoms with van der Waals surface area (Å²) in [4.78, 5) is 13.5. The predicted octanol–water partition coefficient (Wildman–Crippen LogP) is 1.44. The lowest BCUT2D eigenvalue weighted by Gasteiger charge is -2.24. The highest BCUT2D eigenvalue weighted by molar-refractivity contribution is 5.81. The molecule has 1 aromatic rings. The van der Waals surface area contributed by atoms with Gasteiger partial charge in [-0.1, -0.05) is 23.4 Å². The van der Waals surface area contributed by atoms with Crippen molar-refractivity contribution in [2.45, 2.75) is 25.8 Å². The Hall–Kier alpha value is -2.24. The minimum Gasteiger partial charge on any atom is -0.493 e. The van der Waals surface area contributed by atoms with Crippen molar-refractivity contribution >= 4 is 11.7 Å². The van der Waals surface area contributed by atoms with Crippen LogP contribution in [0.5, 0.6) is 5.75 Å². The molecule has 0 spiro atoms. The maximum atomic E-state index is 11.9. The number of para-hydroxylation sites is 1. The molecule has 0 aliphatic rings. The summed E-state index contributed by atoms with van der Waals surface area (Å²) in [6, 6.07) is 9.21. The van der Waals surface area contributed by atoms with Crippen LogP contribution in [0.1, 0.15) is 19.8 Å². The Morgan fingerprint density at radius 2 is 2.10 bits per heavy atom. The lowest BCUT2D eigenvalue weighted by molar-refractivity contribution is -0.132. The molecule has 1 atom stereocenters. The van der Waals surface area contributed by atoms with Gasteiger partial charge in [0.25, 0.3) is 0 Å². The number of benzene rings is 1. The van der Waals surface area contributed by atoms with E-state index in [4.69, 9.17) is 15.7 Å². The van der Waals surface area contributed by atoms with Crippen molar-refractivity contribution in [3.8, 4) is 5.75 Å². The van der Waals surface area contributed by atoms with E-state index in [9.17, 15) is 4.79 Å². The van der Waals surface area contributed by atoms with Gasteiger partial charge < -0.3 is 20.6 Å². The molecule has 0 saturated heterocycles. The smallest absolute Gasteiger partial charge is 0.225 e. The second-order valence-corrected chi connectivity index (χ2v) is 4.56. The zero-order valence-corrected chi connectivity index (χ0v) is 11.8. The number of carbonyl (C=O) groups excluding carboxylic acids is 1. The van der Waals surface area contributed by atoms with Gasteiger partial charge in [-0.25, -0.2) is 0 Å². The van der Waals surface area contributed by atoms with Crippen molar-refractivity contribution in [3.05, 3.63) is 30.3 Å². The van der Waals surface area contributed by atoms with Gasteiger partial charge in [-0.15, -0.1) is 0 Å². The van der Waals surface area contributed by atoms with Crippen LogP contribution in [-0.4, -0.2) is 41.5 Å². The molecule has 1 unspecified atom stereocenters. The van der Waals surface area contributed by atoms with Gasteiger partial charge in [-0.05, 0) is 19.1 Å². The van der Waals surface area contributed by atoms with Crippen molar-refractivity contribution in [2.24, 2.45) is 10.9 Å². The fourth-order valence-electron chi connectivity index (χ4n) is 1.68. The molecule has 0 aromatic heterocycles. The van der Waals surface area contributed by atoms with Crippen LogP contribution in [0.15, 0.2) is 35.5 Å². The molecule has 0 aliphatic carbocycles. The first kappa shape index (κ1) is 15.8. The van der Waals surface area contributed by atoms with Crippen molar-refractivity contribution < 1.29 is 14.7 Å². The highest BCUT2D eigenvalue weighted by Crippen LogP contribution is 2.09. The first-order valence-electron chi connectivity index (χ1n) is 6.44. The highest BCUT2D eigenvalue weighted by Gasteiger charge is 2.16. The summed E-state index contributed by atoms with van der Waals surface area (Å²) in [5, 5.41) is 11.4. The Labute approximate surface area is 118 Å². The number of hydrogen-bond acceptors (Lipinski definition) is 4. The lowest BCUT2D eigenvalue weighted by Crippen LogP contribution is -2.38. The number of hydrogen-bond donors (Lipinski definition) is 2. The molecule has 110 valence electrons. The molecular weight excluding hydrogens is 258 g/mol. The number of amidine groups is 1. The zero-order chi connectivity index (χ0) is 15.0. The van der Waals surface area contributed by atoms with Crippen LogP contribution in [-0.2, 0) is 4.79 Å². The monoisotopic (exact) mass is 279 g/mol. The Morgan fingerprint density at radius 1 is 1.45 bits per heavy atom. The normalized spacial score (nSPS) is 12.8. The number of nitrogens with zero attached hydrogens (tertiary/aromatic N) is 2. The van der Waals surface area contributed by atoms with Crippen molar-refractivity contribution in [1.29, 1.82) is 0 Å². The number of carbonyl (C=O) groups is 1. The van der Waals surface area contributed by atoms with E-state index in [1.54, 1.807) is 11.9 Å². The fraction of sp³-hybridized carbons (Fsp3) is 0.429. The standard InChI is InChI=1S/C14H21N3O3/c1-11(10-13(15)16-19)17(2)14(18)8-9-20-12-6-4-3-5-7-12/h3-7,11,19H,8-10H2,1-2H3,(H2,15,16). The Morgan fingerprint density at radius 3 is 2.70 bits per heavy atom. The van der Waals surface area contributed by atoms with Gasteiger partial charge in [0.2, 0.25) is 5.91 Å². The molecule has 1 aromatic carbocycles. The molecular formula is C14H21N3O3. The van der Waals surface area contributed by atoms with Crippen molar-refractivity contribution in [1.82, 2.24) is 4.90 Å². The van der Waals surface area contributed by atoms with Gasteiger partial charge in [0.15, 0.2) is 0 Å². The molecule has 20 heavy (non-hydrogen) atoms. The Balaban J connectivity index is 2.34. The summed E-state index contributed by atoms with van der Waals surface area (Å²) in [5.74, 6) is 0.810. The number of oxime groups is 1. The summed E-state index contributed by atoms with van der Waals surface area (Å²) >= 11 is 0. The third-order valence-corrected chi connectivity index (χ3v) is 3.02. The molecule has 1 amide bonds. The molecule has 0 heterocycles. The van der Waals surface area contributed by atoms with E-state index in [0.717, 1.165) is 5.75 Å². The summed E-state index contributed by atoms with van der Waals surface area (Å²) < 4.78 is 5.47. The van der Waals surface area contributed by atoms with E-state index in [0.29, 0.717) is 13.0 Å². The van der Waals surface area contributed by atoms with Crippen molar-refractivity contribution in [3.63, 3.8) is 0 Å². The summed E-state index contributed by atoms with van der Waals surface area (Å²) in [6.45, 7) is 2.16. The van der Waals surface area contributed by atoms with E-state index in [2.05, 4.69) is 5.16 Å². The van der Waals surface area contributed by atoms with E-state index >= 15 is 0 Å². The second kappa shape index (κ2) is 8.04. The predicted molar refractivity (Wildman–Crippen MR) is 76.8 cm³/mol. The van der Waals surface area contributed by atoms with E-state index in [1.807, 2.05) is 37.3 Å². The number of ether oxygens (including phenoxy) is 1. The number of nitrogens with two attached hydrogens (primary N) is 1. The van der Waals surface area contributed by atoms with Crippen LogP contribution < -0.4 is 10.5 Å². The summed E-state index contributed by atoms with van der Waals surface area (Å²) in [6.07, 6.45) is 0.615. The Bertz CT molecular complexity index is 448. The maximum absolute atomic E-state index is 11.9. The minimum absolute atomic E-state index is 0.0424. The van der Waals surface area contributed by atoms with Gasteiger partial charge in [0, 0.05) is 19.5 Å². The van der Waals surface area contributed by atoms with E-state index < -0.39 is 0 Å². The molecule has 6 nitrogen and oxygen atoms in total. The largest absolute Gasteiger partial charge is 0.493 e. The first-order chi connectivity index (χ1) is 9.54. The van der Waals surface area contributed by atoms with Crippen LogP contribution in [0.3, 0.4) is 0 Å². The van der Waals surface area contributed by atoms with E-state index in [-0.39, 0.29) is 24.2 Å². The van der Waals surface area contributed by atoms with Crippen LogP contribution in [0.4, 0.5) is 0 Å². The van der Waals surface area contributed by atoms with E-state index in [1.165, 1.54) is 0 Å². The molecule has 0 fully saturated rings. The fourth-order valence-corrected chi connectivity index (χ4v) is 1.68.